The van der Waals surface area contributed by atoms with Crippen LogP contribution in [0.25, 0.3) is 27.3 Å². The van der Waals surface area contributed by atoms with Gasteiger partial charge in [-0.3, -0.25) is 0 Å². The molecule has 8 nitrogen and oxygen atoms in total. The molecule has 29 heavy (non-hydrogen) atoms. The van der Waals surface area contributed by atoms with Gasteiger partial charge >= 0.3 is 6.03 Å². The highest BCUT2D eigenvalue weighted by Gasteiger charge is 2.08. The van der Waals surface area contributed by atoms with E-state index in [1.54, 1.807) is 4.52 Å². The summed E-state index contributed by atoms with van der Waals surface area (Å²) in [6, 6.07) is 22.9. The largest absolute Gasteiger partial charge is 0.339 e. The number of fused-ring (bicyclic) bond motifs is 4. The van der Waals surface area contributed by atoms with Gasteiger partial charge < -0.3 is 5.32 Å². The van der Waals surface area contributed by atoms with E-state index in [0.29, 0.717) is 16.9 Å². The first-order valence-electron chi connectivity index (χ1n) is 8.97. The van der Waals surface area contributed by atoms with Gasteiger partial charge in [0.05, 0.1) is 11.7 Å². The van der Waals surface area contributed by atoms with Gasteiger partial charge in [0.15, 0.2) is 5.65 Å². The topological polar surface area (TPSA) is 96.6 Å². The number of carbonyl (C=O) groups excluding carboxylic acids is 1. The molecular formula is C21H15N7O. The molecule has 0 spiro atoms. The molecular weight excluding hydrogens is 366 g/mol. The summed E-state index contributed by atoms with van der Waals surface area (Å²) < 4.78 is 1.64. The molecule has 0 aliphatic heterocycles. The predicted molar refractivity (Wildman–Crippen MR) is 112 cm³/mol. The quantitative estimate of drug-likeness (QED) is 0.369. The van der Waals surface area contributed by atoms with E-state index >= 15 is 0 Å². The van der Waals surface area contributed by atoms with Gasteiger partial charge in [0.1, 0.15) is 0 Å². The van der Waals surface area contributed by atoms with E-state index in [1.165, 1.54) is 6.21 Å². The molecule has 5 rings (SSSR count). The van der Waals surface area contributed by atoms with Gasteiger partial charge in [-0.25, -0.2) is 10.2 Å². The van der Waals surface area contributed by atoms with Crippen molar-refractivity contribution in [3.05, 3.63) is 78.4 Å². The Morgan fingerprint density at radius 3 is 2.62 bits per heavy atom. The zero-order valence-corrected chi connectivity index (χ0v) is 15.1. The number of urea groups is 1. The molecule has 8 heteroatoms. The maximum Gasteiger partial charge on any atom is 0.339 e. The highest BCUT2D eigenvalue weighted by Crippen LogP contribution is 2.19. The highest BCUT2D eigenvalue weighted by atomic mass is 16.2. The van der Waals surface area contributed by atoms with Crippen molar-refractivity contribution in [2.24, 2.45) is 5.10 Å². The summed E-state index contributed by atoms with van der Waals surface area (Å²) in [4.78, 5) is 12.2. The number of anilines is 1. The molecule has 0 aliphatic rings. The van der Waals surface area contributed by atoms with Crippen LogP contribution in [0.3, 0.4) is 0 Å². The number of nitrogens with one attached hydrogen (secondary N) is 2. The number of hydrazone groups is 1. The molecule has 0 atom stereocenters. The number of rotatable bonds is 3. The third-order valence-corrected chi connectivity index (χ3v) is 4.58. The molecule has 2 heterocycles. The number of para-hydroxylation sites is 1. The van der Waals surface area contributed by atoms with E-state index in [9.17, 15) is 4.79 Å². The first-order valence-corrected chi connectivity index (χ1v) is 8.97. The summed E-state index contributed by atoms with van der Waals surface area (Å²) in [6.07, 6.45) is 1.53. The smallest absolute Gasteiger partial charge is 0.307 e. The van der Waals surface area contributed by atoms with Crippen LogP contribution in [0.4, 0.5) is 10.5 Å². The van der Waals surface area contributed by atoms with Gasteiger partial charge in [0.25, 0.3) is 0 Å². The summed E-state index contributed by atoms with van der Waals surface area (Å²) in [6.45, 7) is 0. The number of carbonyl (C=O) groups is 1. The molecule has 2 N–H and O–H groups in total. The van der Waals surface area contributed by atoms with E-state index in [-0.39, 0.29) is 0 Å². The fourth-order valence-electron chi connectivity index (χ4n) is 3.25. The number of benzene rings is 3. The molecule has 5 aromatic rings. The standard InChI is InChI=1S/C21H15N7O/c29-21(23-18-10-9-14-5-1-2-6-15(14)12-18)25-22-13-17-11-16-7-3-4-8-19(16)28-20(17)24-26-27-28/h1-13H,(H2,23,25,29)/b22-13+. The Morgan fingerprint density at radius 2 is 1.72 bits per heavy atom. The summed E-state index contributed by atoms with van der Waals surface area (Å²) in [5, 5.41) is 21.7. The Bertz CT molecular complexity index is 1390. The zero-order chi connectivity index (χ0) is 19.6. The van der Waals surface area contributed by atoms with Gasteiger partial charge in [0.2, 0.25) is 0 Å². The minimum Gasteiger partial charge on any atom is -0.307 e. The lowest BCUT2D eigenvalue weighted by molar-refractivity contribution is 0.252. The van der Waals surface area contributed by atoms with Crippen LogP contribution in [-0.2, 0) is 0 Å². The van der Waals surface area contributed by atoms with Crippen molar-refractivity contribution in [1.82, 2.24) is 25.5 Å². The SMILES string of the molecule is O=C(N/N=C/c1cc2ccccc2n2nnnc12)Nc1ccc2ccccc2c1. The lowest BCUT2D eigenvalue weighted by Gasteiger charge is -2.06. The first kappa shape index (κ1) is 16.8. The van der Waals surface area contributed by atoms with Crippen molar-refractivity contribution in [3.63, 3.8) is 0 Å². The second-order valence-electron chi connectivity index (χ2n) is 6.46. The van der Waals surface area contributed by atoms with Crippen LogP contribution in [0.2, 0.25) is 0 Å². The molecule has 2 amide bonds. The molecule has 0 bridgehead atoms. The third kappa shape index (κ3) is 3.23. The fraction of sp³-hybridized carbons (Fsp3) is 0. The third-order valence-electron chi connectivity index (χ3n) is 4.58. The maximum absolute atomic E-state index is 12.2. The fourth-order valence-corrected chi connectivity index (χ4v) is 3.25. The first-order chi connectivity index (χ1) is 14.3. The van der Waals surface area contributed by atoms with E-state index in [1.807, 2.05) is 72.8 Å². The van der Waals surface area contributed by atoms with Crippen molar-refractivity contribution >= 4 is 45.3 Å². The predicted octanol–water partition coefficient (Wildman–Crippen LogP) is 3.59. The summed E-state index contributed by atoms with van der Waals surface area (Å²) in [7, 11) is 0. The van der Waals surface area contributed by atoms with Gasteiger partial charge in [-0.05, 0) is 45.5 Å². The molecule has 140 valence electrons. The summed E-state index contributed by atoms with van der Waals surface area (Å²) in [5.41, 5.74) is 5.31. The van der Waals surface area contributed by atoms with Gasteiger partial charge in [0, 0.05) is 16.6 Å². The van der Waals surface area contributed by atoms with Crippen molar-refractivity contribution in [3.8, 4) is 0 Å². The van der Waals surface area contributed by atoms with E-state index in [0.717, 1.165) is 21.7 Å². The Morgan fingerprint density at radius 1 is 0.931 bits per heavy atom. The number of nitrogens with zero attached hydrogens (tertiary/aromatic N) is 5. The number of hydrogen-bond donors (Lipinski definition) is 2. The number of amides is 2. The van der Waals surface area contributed by atoms with E-state index in [2.05, 4.69) is 31.4 Å². The van der Waals surface area contributed by atoms with Crippen molar-refractivity contribution in [2.75, 3.05) is 5.32 Å². The van der Waals surface area contributed by atoms with Gasteiger partial charge in [-0.1, -0.05) is 48.5 Å². The lowest BCUT2D eigenvalue weighted by Crippen LogP contribution is -2.24. The molecule has 0 radical (unpaired) electrons. The van der Waals surface area contributed by atoms with Crippen molar-refractivity contribution < 1.29 is 4.79 Å². The van der Waals surface area contributed by atoms with Crippen LogP contribution in [0, 0.1) is 0 Å². The van der Waals surface area contributed by atoms with E-state index < -0.39 is 6.03 Å². The molecule has 0 saturated heterocycles. The summed E-state index contributed by atoms with van der Waals surface area (Å²) >= 11 is 0. The molecule has 0 unspecified atom stereocenters. The molecule has 0 aliphatic carbocycles. The average molecular weight is 381 g/mol. The second-order valence-corrected chi connectivity index (χ2v) is 6.46. The molecule has 0 fully saturated rings. The van der Waals surface area contributed by atoms with Crippen LogP contribution >= 0.6 is 0 Å². The monoisotopic (exact) mass is 381 g/mol. The van der Waals surface area contributed by atoms with Crippen LogP contribution < -0.4 is 10.7 Å². The Balaban J connectivity index is 1.34. The number of pyridine rings is 1. The Kier molecular flexibility index (Phi) is 4.06. The highest BCUT2D eigenvalue weighted by molar-refractivity contribution is 5.97. The normalized spacial score (nSPS) is 11.4. The van der Waals surface area contributed by atoms with Crippen LogP contribution in [0.1, 0.15) is 5.56 Å². The number of tetrazole rings is 1. The van der Waals surface area contributed by atoms with Crippen molar-refractivity contribution in [1.29, 1.82) is 0 Å². The Hall–Kier alpha value is -4.33. The zero-order valence-electron chi connectivity index (χ0n) is 15.1. The van der Waals surface area contributed by atoms with Gasteiger partial charge in [-0.2, -0.15) is 9.62 Å². The molecule has 2 aromatic heterocycles. The Labute approximate surface area is 164 Å². The summed E-state index contributed by atoms with van der Waals surface area (Å²) in [5.74, 6) is 0. The van der Waals surface area contributed by atoms with E-state index in [4.69, 9.17) is 0 Å². The second kappa shape index (κ2) is 7.01. The maximum atomic E-state index is 12.2. The number of hydrogen-bond acceptors (Lipinski definition) is 5. The van der Waals surface area contributed by atoms with Crippen LogP contribution in [0.5, 0.6) is 0 Å². The van der Waals surface area contributed by atoms with Crippen LogP contribution in [-0.4, -0.2) is 32.3 Å². The molecule has 0 saturated carbocycles. The average Bonchev–Trinajstić information content (AvgIpc) is 3.24. The minimum atomic E-state index is -0.437. The molecule has 3 aromatic carbocycles. The van der Waals surface area contributed by atoms with Crippen molar-refractivity contribution in [2.45, 2.75) is 0 Å². The van der Waals surface area contributed by atoms with Crippen LogP contribution in [0.15, 0.2) is 77.9 Å². The lowest BCUT2D eigenvalue weighted by atomic mass is 10.1. The van der Waals surface area contributed by atoms with Gasteiger partial charge in [-0.15, -0.1) is 5.10 Å². The minimum absolute atomic E-state index is 0.437. The number of aromatic nitrogens is 4.